The van der Waals surface area contributed by atoms with Gasteiger partial charge in [0.15, 0.2) is 0 Å². The first-order valence-electron chi connectivity index (χ1n) is 7.58. The maximum atomic E-state index is 11.1. The van der Waals surface area contributed by atoms with Gasteiger partial charge < -0.3 is 10.5 Å². The van der Waals surface area contributed by atoms with Crippen molar-refractivity contribution in [2.24, 2.45) is 11.1 Å². The highest BCUT2D eigenvalue weighted by molar-refractivity contribution is 7.84. The summed E-state index contributed by atoms with van der Waals surface area (Å²) in [6.07, 6.45) is 4.81. The van der Waals surface area contributed by atoms with Crippen molar-refractivity contribution < 1.29 is 17.3 Å². The van der Waals surface area contributed by atoms with Crippen LogP contribution in [0.15, 0.2) is 24.3 Å². The fraction of sp³-hybridized carbons (Fsp3) is 0.600. The first-order valence-corrected chi connectivity index (χ1v) is 9.05. The Kier molecular flexibility index (Phi) is 4.15. The topological polar surface area (TPSA) is 105 Å². The molecule has 1 spiro atoms. The molecule has 0 unspecified atom stereocenters. The van der Waals surface area contributed by atoms with E-state index in [1.165, 1.54) is 0 Å². The van der Waals surface area contributed by atoms with Crippen molar-refractivity contribution in [3.05, 3.63) is 29.8 Å². The van der Waals surface area contributed by atoms with Gasteiger partial charge in [0.2, 0.25) is 0 Å². The van der Waals surface area contributed by atoms with Crippen LogP contribution >= 0.6 is 0 Å². The van der Waals surface area contributed by atoms with Crippen molar-refractivity contribution in [1.29, 1.82) is 0 Å². The third-order valence-corrected chi connectivity index (χ3v) is 5.17. The average molecular weight is 326 g/mol. The minimum absolute atomic E-state index is 0.0274. The standard InChI is InChI=1S/C15H22N2O4S/c16-13-6-2-1-5-12(13)14-11(10-20-22(17,18)19)9-15(21-14)7-3-4-8-15/h1-2,5-6,11,14H,3-4,7-10,16H2,(H2,17,18,19)/t11-,14+/m0/s1. The summed E-state index contributed by atoms with van der Waals surface area (Å²) in [5.74, 6) is -0.0684. The lowest BCUT2D eigenvalue weighted by Gasteiger charge is -2.24. The molecule has 122 valence electrons. The van der Waals surface area contributed by atoms with Crippen molar-refractivity contribution in [3.8, 4) is 0 Å². The van der Waals surface area contributed by atoms with Crippen molar-refractivity contribution in [2.75, 3.05) is 12.3 Å². The Hall–Kier alpha value is -1.15. The highest BCUT2D eigenvalue weighted by Crippen LogP contribution is 2.52. The van der Waals surface area contributed by atoms with Gasteiger partial charge in [0.05, 0.1) is 18.3 Å². The second kappa shape index (κ2) is 5.81. The zero-order chi connectivity index (χ0) is 15.8. The maximum absolute atomic E-state index is 11.1. The summed E-state index contributed by atoms with van der Waals surface area (Å²) < 4.78 is 33.4. The van der Waals surface area contributed by atoms with Crippen molar-refractivity contribution >= 4 is 16.0 Å². The van der Waals surface area contributed by atoms with E-state index in [0.29, 0.717) is 5.69 Å². The summed E-state index contributed by atoms with van der Waals surface area (Å²) in [6.45, 7) is 0.0274. The fourth-order valence-corrected chi connectivity index (χ4v) is 4.12. The van der Waals surface area contributed by atoms with Crippen LogP contribution in [-0.4, -0.2) is 20.6 Å². The molecule has 1 saturated carbocycles. The van der Waals surface area contributed by atoms with Crippen LogP contribution in [0.1, 0.15) is 43.8 Å². The summed E-state index contributed by atoms with van der Waals surface area (Å²) in [7, 11) is -3.95. The lowest BCUT2D eigenvalue weighted by atomic mass is 9.88. The van der Waals surface area contributed by atoms with Gasteiger partial charge in [0.25, 0.3) is 0 Å². The van der Waals surface area contributed by atoms with Gasteiger partial charge in [-0.1, -0.05) is 31.0 Å². The molecule has 22 heavy (non-hydrogen) atoms. The zero-order valence-corrected chi connectivity index (χ0v) is 13.2. The molecule has 7 heteroatoms. The number of nitrogen functional groups attached to an aromatic ring is 1. The minimum Gasteiger partial charge on any atom is -0.398 e. The molecule has 0 aromatic heterocycles. The molecule has 2 aliphatic rings. The predicted octanol–water partition coefficient (Wildman–Crippen LogP) is 1.88. The number of ether oxygens (including phenoxy) is 1. The highest BCUT2D eigenvalue weighted by Gasteiger charge is 2.48. The van der Waals surface area contributed by atoms with Crippen LogP contribution in [-0.2, 0) is 19.2 Å². The van der Waals surface area contributed by atoms with Crippen molar-refractivity contribution in [3.63, 3.8) is 0 Å². The van der Waals surface area contributed by atoms with Crippen LogP contribution in [0.3, 0.4) is 0 Å². The normalized spacial score (nSPS) is 27.5. The van der Waals surface area contributed by atoms with E-state index in [0.717, 1.165) is 37.7 Å². The third-order valence-electron chi connectivity index (χ3n) is 4.70. The van der Waals surface area contributed by atoms with Crippen LogP contribution in [0, 0.1) is 5.92 Å². The molecule has 3 rings (SSSR count). The van der Waals surface area contributed by atoms with Gasteiger partial charge in [0, 0.05) is 17.2 Å². The Morgan fingerprint density at radius 3 is 2.59 bits per heavy atom. The molecule has 6 nitrogen and oxygen atoms in total. The molecule has 2 atom stereocenters. The van der Waals surface area contributed by atoms with Crippen LogP contribution in [0.25, 0.3) is 0 Å². The first-order chi connectivity index (χ1) is 10.4. The molecule has 1 aromatic carbocycles. The molecule has 1 aromatic rings. The number of benzene rings is 1. The third kappa shape index (κ3) is 3.27. The van der Waals surface area contributed by atoms with Gasteiger partial charge in [-0.15, -0.1) is 0 Å². The lowest BCUT2D eigenvalue weighted by Crippen LogP contribution is -2.24. The summed E-state index contributed by atoms with van der Waals surface area (Å²) in [4.78, 5) is 0. The second-order valence-corrected chi connectivity index (χ2v) is 7.52. The maximum Gasteiger partial charge on any atom is 0.333 e. The molecule has 1 aliphatic heterocycles. The van der Waals surface area contributed by atoms with E-state index in [4.69, 9.17) is 19.8 Å². The van der Waals surface area contributed by atoms with Crippen LogP contribution < -0.4 is 10.9 Å². The number of hydrogen-bond acceptors (Lipinski definition) is 5. The monoisotopic (exact) mass is 326 g/mol. The fourth-order valence-electron chi connectivity index (χ4n) is 3.76. The summed E-state index contributed by atoms with van der Waals surface area (Å²) in [5.41, 5.74) is 7.45. The SMILES string of the molecule is Nc1ccccc1[C@@H]1OC2(CCCC2)C[C@H]1COS(N)(=O)=O. The Balaban J connectivity index is 1.85. The number of anilines is 1. The smallest absolute Gasteiger partial charge is 0.333 e. The van der Waals surface area contributed by atoms with Crippen LogP contribution in [0.4, 0.5) is 5.69 Å². The van der Waals surface area contributed by atoms with Gasteiger partial charge in [-0.2, -0.15) is 8.42 Å². The zero-order valence-electron chi connectivity index (χ0n) is 12.4. The summed E-state index contributed by atoms with van der Waals surface area (Å²) in [5, 5.41) is 4.96. The van der Waals surface area contributed by atoms with Crippen LogP contribution in [0.2, 0.25) is 0 Å². The van der Waals surface area contributed by atoms with E-state index in [1.807, 2.05) is 24.3 Å². The van der Waals surface area contributed by atoms with Crippen molar-refractivity contribution in [2.45, 2.75) is 43.8 Å². The van der Waals surface area contributed by atoms with E-state index in [2.05, 4.69) is 0 Å². The number of para-hydroxylation sites is 1. The van der Waals surface area contributed by atoms with E-state index in [1.54, 1.807) is 0 Å². The van der Waals surface area contributed by atoms with Crippen molar-refractivity contribution in [1.82, 2.24) is 0 Å². The van der Waals surface area contributed by atoms with Crippen LogP contribution in [0.5, 0.6) is 0 Å². The van der Waals surface area contributed by atoms with E-state index in [9.17, 15) is 8.42 Å². The highest BCUT2D eigenvalue weighted by atomic mass is 32.2. The molecule has 2 fully saturated rings. The quantitative estimate of drug-likeness (QED) is 0.822. The van der Waals surface area contributed by atoms with Gasteiger partial charge in [-0.25, -0.2) is 5.14 Å². The summed E-state index contributed by atoms with van der Waals surface area (Å²) in [6, 6.07) is 7.54. The molecule has 4 N–H and O–H groups in total. The van der Waals surface area contributed by atoms with E-state index in [-0.39, 0.29) is 24.2 Å². The average Bonchev–Trinajstić information content (AvgIpc) is 3.04. The van der Waals surface area contributed by atoms with Gasteiger partial charge in [0.1, 0.15) is 0 Å². The molecule has 1 saturated heterocycles. The van der Waals surface area contributed by atoms with Gasteiger partial charge in [-0.3, -0.25) is 4.18 Å². The number of nitrogens with two attached hydrogens (primary N) is 2. The first kappa shape index (κ1) is 15.7. The minimum atomic E-state index is -3.95. The molecule has 0 amide bonds. The molecule has 1 aliphatic carbocycles. The molecule has 1 heterocycles. The Morgan fingerprint density at radius 1 is 1.27 bits per heavy atom. The lowest BCUT2D eigenvalue weighted by molar-refractivity contribution is -0.0434. The Morgan fingerprint density at radius 2 is 1.95 bits per heavy atom. The van der Waals surface area contributed by atoms with Gasteiger partial charge >= 0.3 is 10.3 Å². The molecule has 0 bridgehead atoms. The molecule has 0 radical (unpaired) electrons. The number of hydrogen-bond donors (Lipinski definition) is 2. The predicted molar refractivity (Wildman–Crippen MR) is 83.0 cm³/mol. The molecular weight excluding hydrogens is 304 g/mol. The van der Waals surface area contributed by atoms with E-state index >= 15 is 0 Å². The Labute approximate surface area is 131 Å². The van der Waals surface area contributed by atoms with Gasteiger partial charge in [-0.05, 0) is 25.3 Å². The second-order valence-electron chi connectivity index (χ2n) is 6.30. The molecular formula is C15H22N2O4S. The number of rotatable bonds is 4. The largest absolute Gasteiger partial charge is 0.398 e. The van der Waals surface area contributed by atoms with E-state index < -0.39 is 10.3 Å². The summed E-state index contributed by atoms with van der Waals surface area (Å²) >= 11 is 0. The Bertz CT molecular complexity index is 641.